The summed E-state index contributed by atoms with van der Waals surface area (Å²) in [5.74, 6) is -0.566. The average molecular weight is 367 g/mol. The Kier molecular flexibility index (Phi) is 5.49. The van der Waals surface area contributed by atoms with Gasteiger partial charge in [-0.1, -0.05) is 18.2 Å². The molecule has 0 aromatic heterocycles. The van der Waals surface area contributed by atoms with Crippen LogP contribution >= 0.6 is 0 Å². The number of Topliss-reactive ketones (excluding diaryl/α,β-unsaturated/α-hetero) is 1. The number of nitro benzene ring substituents is 1. The minimum atomic E-state index is -0.477. The second kappa shape index (κ2) is 7.99. The summed E-state index contributed by atoms with van der Waals surface area (Å²) < 4.78 is 0. The fourth-order valence-electron chi connectivity index (χ4n) is 3.33. The first-order valence-corrected chi connectivity index (χ1v) is 8.86. The van der Waals surface area contributed by atoms with Crippen molar-refractivity contribution in [3.8, 4) is 0 Å². The van der Waals surface area contributed by atoms with Crippen LogP contribution in [0.4, 0.5) is 17.1 Å². The third-order valence-electron chi connectivity index (χ3n) is 4.75. The first-order chi connectivity index (χ1) is 13.0. The van der Waals surface area contributed by atoms with E-state index in [9.17, 15) is 19.7 Å². The van der Waals surface area contributed by atoms with Gasteiger partial charge in [0.1, 0.15) is 5.69 Å². The van der Waals surface area contributed by atoms with Crippen LogP contribution in [0, 0.1) is 16.0 Å². The van der Waals surface area contributed by atoms with Crippen molar-refractivity contribution in [3.63, 3.8) is 0 Å². The highest BCUT2D eigenvalue weighted by Crippen LogP contribution is 2.33. The number of para-hydroxylation sites is 1. The largest absolute Gasteiger partial charge is 0.365 e. The van der Waals surface area contributed by atoms with Crippen LogP contribution in [0.25, 0.3) is 0 Å². The molecule has 1 heterocycles. The molecule has 0 saturated carbocycles. The summed E-state index contributed by atoms with van der Waals surface area (Å²) in [5, 5.41) is 14.4. The van der Waals surface area contributed by atoms with Gasteiger partial charge in [-0.2, -0.15) is 0 Å². The lowest BCUT2D eigenvalue weighted by Crippen LogP contribution is -2.41. The number of ketones is 1. The molecule has 1 N–H and O–H groups in total. The fraction of sp³-hybridized carbons (Fsp3) is 0.300. The molecule has 2 aromatic rings. The Labute approximate surface area is 157 Å². The van der Waals surface area contributed by atoms with Gasteiger partial charge >= 0.3 is 0 Å². The van der Waals surface area contributed by atoms with Crippen molar-refractivity contribution >= 4 is 28.8 Å². The Morgan fingerprint density at radius 3 is 2.59 bits per heavy atom. The Morgan fingerprint density at radius 2 is 1.93 bits per heavy atom. The van der Waals surface area contributed by atoms with Gasteiger partial charge in [0.25, 0.3) is 5.69 Å². The monoisotopic (exact) mass is 367 g/mol. The number of hydrogen-bond acceptors (Lipinski definition) is 5. The Bertz CT molecular complexity index is 867. The average Bonchev–Trinajstić information content (AvgIpc) is 2.68. The maximum Gasteiger partial charge on any atom is 0.293 e. The molecule has 140 valence electrons. The molecule has 3 rings (SSSR count). The standard InChI is InChI=1S/C20H21N3O4/c1-14(24)15-9-10-18(19(12-15)23(26)27)22-11-5-6-16(13-22)20(25)21-17-7-3-2-4-8-17/h2-4,7-10,12,16H,5-6,11,13H2,1H3,(H,21,25). The summed E-state index contributed by atoms with van der Waals surface area (Å²) in [6, 6.07) is 13.7. The highest BCUT2D eigenvalue weighted by Gasteiger charge is 2.29. The highest BCUT2D eigenvalue weighted by atomic mass is 16.6. The normalized spacial score (nSPS) is 16.6. The summed E-state index contributed by atoms with van der Waals surface area (Å²) in [6.45, 7) is 2.41. The first kappa shape index (κ1) is 18.6. The molecule has 1 aliphatic rings. The van der Waals surface area contributed by atoms with E-state index in [0.29, 0.717) is 24.3 Å². The second-order valence-electron chi connectivity index (χ2n) is 6.66. The van der Waals surface area contributed by atoms with E-state index < -0.39 is 4.92 Å². The molecule has 1 saturated heterocycles. The summed E-state index contributed by atoms with van der Waals surface area (Å²) >= 11 is 0. The number of nitrogens with zero attached hydrogens (tertiary/aromatic N) is 2. The molecule has 7 nitrogen and oxygen atoms in total. The van der Waals surface area contributed by atoms with Gasteiger partial charge in [-0.25, -0.2) is 0 Å². The molecular formula is C20H21N3O4. The van der Waals surface area contributed by atoms with E-state index in [2.05, 4.69) is 5.32 Å². The van der Waals surface area contributed by atoms with E-state index in [4.69, 9.17) is 0 Å². The van der Waals surface area contributed by atoms with Crippen LogP contribution in [0.15, 0.2) is 48.5 Å². The molecule has 27 heavy (non-hydrogen) atoms. The number of benzene rings is 2. The molecule has 0 aliphatic carbocycles. The van der Waals surface area contributed by atoms with E-state index in [1.807, 2.05) is 35.2 Å². The zero-order chi connectivity index (χ0) is 19.4. The zero-order valence-electron chi connectivity index (χ0n) is 15.1. The fourth-order valence-corrected chi connectivity index (χ4v) is 3.33. The van der Waals surface area contributed by atoms with Gasteiger partial charge in [0.05, 0.1) is 10.8 Å². The summed E-state index contributed by atoms with van der Waals surface area (Å²) in [7, 11) is 0. The number of hydrogen-bond donors (Lipinski definition) is 1. The number of amides is 1. The smallest absolute Gasteiger partial charge is 0.293 e. The van der Waals surface area contributed by atoms with Crippen molar-refractivity contribution in [2.45, 2.75) is 19.8 Å². The minimum Gasteiger partial charge on any atom is -0.365 e. The molecule has 0 bridgehead atoms. The number of nitrogens with one attached hydrogen (secondary N) is 1. The number of carbonyl (C=O) groups is 2. The van der Waals surface area contributed by atoms with Gasteiger partial charge in [-0.3, -0.25) is 19.7 Å². The molecule has 1 aliphatic heterocycles. The zero-order valence-corrected chi connectivity index (χ0v) is 15.1. The van der Waals surface area contributed by atoms with E-state index >= 15 is 0 Å². The topological polar surface area (TPSA) is 92.6 Å². The highest BCUT2D eigenvalue weighted by molar-refractivity contribution is 5.96. The third-order valence-corrected chi connectivity index (χ3v) is 4.75. The van der Waals surface area contributed by atoms with E-state index in [1.54, 1.807) is 12.1 Å². The number of nitro groups is 1. The van der Waals surface area contributed by atoms with Crippen molar-refractivity contribution in [1.29, 1.82) is 0 Å². The maximum absolute atomic E-state index is 12.6. The lowest BCUT2D eigenvalue weighted by atomic mass is 9.96. The van der Waals surface area contributed by atoms with Crippen LogP contribution in [-0.4, -0.2) is 29.7 Å². The van der Waals surface area contributed by atoms with Crippen LogP contribution in [0.1, 0.15) is 30.1 Å². The molecule has 7 heteroatoms. The lowest BCUT2D eigenvalue weighted by Gasteiger charge is -2.33. The molecule has 1 atom stereocenters. The predicted octanol–water partition coefficient (Wildman–Crippen LogP) is 3.65. The number of piperidine rings is 1. The lowest BCUT2D eigenvalue weighted by molar-refractivity contribution is -0.384. The SMILES string of the molecule is CC(=O)c1ccc(N2CCCC(C(=O)Nc3ccccc3)C2)c([N+](=O)[O-])c1. The van der Waals surface area contributed by atoms with Crippen LogP contribution < -0.4 is 10.2 Å². The Morgan fingerprint density at radius 1 is 1.19 bits per heavy atom. The molecule has 1 amide bonds. The summed E-state index contributed by atoms with van der Waals surface area (Å²) in [5.41, 5.74) is 1.38. The Balaban J connectivity index is 1.79. The van der Waals surface area contributed by atoms with Crippen LogP contribution in [0.2, 0.25) is 0 Å². The molecule has 2 aromatic carbocycles. The van der Waals surface area contributed by atoms with Gasteiger partial charge < -0.3 is 10.2 Å². The third kappa shape index (κ3) is 4.31. The van der Waals surface area contributed by atoms with Gasteiger partial charge in [-0.15, -0.1) is 0 Å². The molecule has 1 unspecified atom stereocenters. The first-order valence-electron chi connectivity index (χ1n) is 8.86. The van der Waals surface area contributed by atoms with Crippen molar-refractivity contribution in [3.05, 3.63) is 64.2 Å². The van der Waals surface area contributed by atoms with Crippen molar-refractivity contribution in [1.82, 2.24) is 0 Å². The summed E-state index contributed by atoms with van der Waals surface area (Å²) in [4.78, 5) is 37.0. The van der Waals surface area contributed by atoms with Crippen LogP contribution in [0.5, 0.6) is 0 Å². The molecule has 1 fully saturated rings. The number of anilines is 2. The minimum absolute atomic E-state index is 0.0890. The Hall–Kier alpha value is -3.22. The van der Waals surface area contributed by atoms with Crippen LogP contribution in [0.3, 0.4) is 0 Å². The van der Waals surface area contributed by atoms with Crippen molar-refractivity contribution < 1.29 is 14.5 Å². The predicted molar refractivity (Wildman–Crippen MR) is 103 cm³/mol. The van der Waals surface area contributed by atoms with Crippen molar-refractivity contribution in [2.75, 3.05) is 23.3 Å². The quantitative estimate of drug-likeness (QED) is 0.495. The van der Waals surface area contributed by atoms with Crippen LogP contribution in [-0.2, 0) is 4.79 Å². The van der Waals surface area contributed by atoms with E-state index in [-0.39, 0.29) is 23.3 Å². The van der Waals surface area contributed by atoms with E-state index in [1.165, 1.54) is 13.0 Å². The van der Waals surface area contributed by atoms with Gasteiger partial charge in [0.2, 0.25) is 5.91 Å². The van der Waals surface area contributed by atoms with E-state index in [0.717, 1.165) is 18.5 Å². The molecule has 0 radical (unpaired) electrons. The van der Waals surface area contributed by atoms with Gasteiger partial charge in [-0.05, 0) is 44.0 Å². The van der Waals surface area contributed by atoms with Gasteiger partial charge in [0, 0.05) is 30.4 Å². The molecule has 0 spiro atoms. The summed E-state index contributed by atoms with van der Waals surface area (Å²) in [6.07, 6.45) is 1.49. The van der Waals surface area contributed by atoms with Crippen molar-refractivity contribution in [2.24, 2.45) is 5.92 Å². The maximum atomic E-state index is 12.6. The molecular weight excluding hydrogens is 346 g/mol. The number of rotatable bonds is 5. The number of carbonyl (C=O) groups excluding carboxylic acids is 2. The second-order valence-corrected chi connectivity index (χ2v) is 6.66. The van der Waals surface area contributed by atoms with Gasteiger partial charge in [0.15, 0.2) is 5.78 Å².